The Bertz CT molecular complexity index is 412. The lowest BCUT2D eigenvalue weighted by molar-refractivity contribution is 0.0738. The lowest BCUT2D eigenvalue weighted by Gasteiger charge is -2.24. The molecule has 1 aromatic carbocycles. The minimum Gasteiger partial charge on any atom is -0.507 e. The Labute approximate surface area is 114 Å². The van der Waals surface area contributed by atoms with Crippen molar-refractivity contribution >= 4 is 5.91 Å². The normalized spacial score (nSPS) is 10.7. The van der Waals surface area contributed by atoms with E-state index >= 15 is 0 Å². The molecule has 0 aliphatic rings. The Kier molecular flexibility index (Phi) is 5.63. The standard InChI is InChI=1S/C14H22N2O3/c1-4-8-16(10-9-15(2)3)14(19)13-11(17)6-5-7-12(13)18/h5-7,17-18H,4,8-10H2,1-3H3. The summed E-state index contributed by atoms with van der Waals surface area (Å²) in [6, 6.07) is 4.32. The molecule has 0 atom stereocenters. The average Bonchev–Trinajstić information content (AvgIpc) is 2.33. The second-order valence-corrected chi connectivity index (χ2v) is 4.77. The van der Waals surface area contributed by atoms with Crippen LogP contribution in [0.4, 0.5) is 0 Å². The van der Waals surface area contributed by atoms with Crippen molar-refractivity contribution in [3.8, 4) is 11.5 Å². The fraction of sp³-hybridized carbons (Fsp3) is 0.500. The van der Waals surface area contributed by atoms with Crippen LogP contribution >= 0.6 is 0 Å². The summed E-state index contributed by atoms with van der Waals surface area (Å²) in [6.45, 7) is 3.88. The number of carbonyl (C=O) groups excluding carboxylic acids is 1. The van der Waals surface area contributed by atoms with Gasteiger partial charge in [-0.25, -0.2) is 0 Å². The molecule has 0 aromatic heterocycles. The summed E-state index contributed by atoms with van der Waals surface area (Å²) in [6.07, 6.45) is 0.827. The van der Waals surface area contributed by atoms with E-state index in [4.69, 9.17) is 0 Å². The van der Waals surface area contributed by atoms with E-state index in [2.05, 4.69) is 0 Å². The number of rotatable bonds is 6. The van der Waals surface area contributed by atoms with Crippen molar-refractivity contribution in [3.05, 3.63) is 23.8 Å². The summed E-state index contributed by atoms with van der Waals surface area (Å²) in [5, 5.41) is 19.5. The summed E-state index contributed by atoms with van der Waals surface area (Å²) in [4.78, 5) is 16.0. The second kappa shape index (κ2) is 6.99. The maximum atomic E-state index is 12.4. The molecule has 0 radical (unpaired) electrons. The molecule has 0 unspecified atom stereocenters. The minimum atomic E-state index is -0.334. The van der Waals surface area contributed by atoms with E-state index < -0.39 is 0 Å². The largest absolute Gasteiger partial charge is 0.507 e. The maximum absolute atomic E-state index is 12.4. The van der Waals surface area contributed by atoms with Crippen LogP contribution in [0.2, 0.25) is 0 Å². The molecule has 1 aromatic rings. The Morgan fingerprint density at radius 3 is 2.16 bits per heavy atom. The van der Waals surface area contributed by atoms with Crippen LogP contribution in [0.5, 0.6) is 11.5 Å². The van der Waals surface area contributed by atoms with Gasteiger partial charge in [0.05, 0.1) is 0 Å². The summed E-state index contributed by atoms with van der Waals surface area (Å²) >= 11 is 0. The van der Waals surface area contributed by atoms with Gasteiger partial charge in [-0.1, -0.05) is 13.0 Å². The van der Waals surface area contributed by atoms with Crippen molar-refractivity contribution < 1.29 is 15.0 Å². The number of benzene rings is 1. The molecule has 5 nitrogen and oxygen atoms in total. The third-order valence-corrected chi connectivity index (χ3v) is 2.83. The summed E-state index contributed by atoms with van der Waals surface area (Å²) in [7, 11) is 3.87. The molecule has 1 amide bonds. The van der Waals surface area contributed by atoms with E-state index in [9.17, 15) is 15.0 Å². The first-order valence-electron chi connectivity index (χ1n) is 6.42. The van der Waals surface area contributed by atoms with E-state index in [-0.39, 0.29) is 23.0 Å². The quantitative estimate of drug-likeness (QED) is 0.819. The molecule has 0 aliphatic carbocycles. The second-order valence-electron chi connectivity index (χ2n) is 4.77. The van der Waals surface area contributed by atoms with Crippen LogP contribution in [0.1, 0.15) is 23.7 Å². The third-order valence-electron chi connectivity index (χ3n) is 2.83. The summed E-state index contributed by atoms with van der Waals surface area (Å²) in [5.74, 6) is -0.703. The average molecular weight is 266 g/mol. The van der Waals surface area contributed by atoms with Crippen molar-refractivity contribution in [2.24, 2.45) is 0 Å². The highest BCUT2D eigenvalue weighted by Gasteiger charge is 2.21. The van der Waals surface area contributed by atoms with Crippen LogP contribution in [0, 0.1) is 0 Å². The fourth-order valence-corrected chi connectivity index (χ4v) is 1.81. The molecule has 0 heterocycles. The molecule has 19 heavy (non-hydrogen) atoms. The van der Waals surface area contributed by atoms with E-state index in [1.54, 1.807) is 4.90 Å². The van der Waals surface area contributed by atoms with Crippen LogP contribution in [0.3, 0.4) is 0 Å². The molecular formula is C14H22N2O3. The first kappa shape index (κ1) is 15.3. The monoisotopic (exact) mass is 266 g/mol. The number of carbonyl (C=O) groups is 1. The molecule has 2 N–H and O–H groups in total. The van der Waals surface area contributed by atoms with Crippen LogP contribution in [-0.2, 0) is 0 Å². The number of hydrogen-bond acceptors (Lipinski definition) is 4. The van der Waals surface area contributed by atoms with Gasteiger partial charge in [0.25, 0.3) is 5.91 Å². The minimum absolute atomic E-state index is 0.0188. The van der Waals surface area contributed by atoms with Gasteiger partial charge >= 0.3 is 0 Å². The van der Waals surface area contributed by atoms with Crippen molar-refractivity contribution in [1.29, 1.82) is 0 Å². The van der Waals surface area contributed by atoms with Gasteiger partial charge in [0.1, 0.15) is 17.1 Å². The van der Waals surface area contributed by atoms with Crippen LogP contribution in [-0.4, -0.2) is 59.6 Å². The SMILES string of the molecule is CCCN(CCN(C)C)C(=O)c1c(O)cccc1O. The molecule has 1 rings (SSSR count). The van der Waals surface area contributed by atoms with E-state index in [0.717, 1.165) is 13.0 Å². The van der Waals surface area contributed by atoms with Gasteiger partial charge in [-0.2, -0.15) is 0 Å². The predicted octanol–water partition coefficient (Wildman–Crippen LogP) is 1.51. The number of hydrogen-bond donors (Lipinski definition) is 2. The molecule has 0 bridgehead atoms. The van der Waals surface area contributed by atoms with Gasteiger partial charge in [-0.15, -0.1) is 0 Å². The number of likely N-dealkylation sites (N-methyl/N-ethyl adjacent to an activating group) is 1. The smallest absolute Gasteiger partial charge is 0.261 e. The molecular weight excluding hydrogens is 244 g/mol. The predicted molar refractivity (Wildman–Crippen MR) is 74.5 cm³/mol. The zero-order valence-electron chi connectivity index (χ0n) is 11.8. The van der Waals surface area contributed by atoms with Gasteiger partial charge in [0.2, 0.25) is 0 Å². The molecule has 0 saturated heterocycles. The first-order valence-corrected chi connectivity index (χ1v) is 6.42. The molecule has 0 saturated carbocycles. The van der Waals surface area contributed by atoms with Crippen LogP contribution in [0.25, 0.3) is 0 Å². The molecule has 106 valence electrons. The first-order chi connectivity index (χ1) is 8.97. The topological polar surface area (TPSA) is 64.0 Å². The molecule has 0 fully saturated rings. The van der Waals surface area contributed by atoms with Crippen molar-refractivity contribution in [2.45, 2.75) is 13.3 Å². The van der Waals surface area contributed by atoms with Crippen LogP contribution < -0.4 is 0 Å². The lowest BCUT2D eigenvalue weighted by Crippen LogP contribution is -2.37. The Morgan fingerprint density at radius 1 is 1.11 bits per heavy atom. The zero-order valence-corrected chi connectivity index (χ0v) is 11.8. The van der Waals surface area contributed by atoms with Crippen LogP contribution in [0.15, 0.2) is 18.2 Å². The highest BCUT2D eigenvalue weighted by molar-refractivity contribution is 5.99. The number of aromatic hydroxyl groups is 2. The lowest BCUT2D eigenvalue weighted by atomic mass is 10.1. The van der Waals surface area contributed by atoms with E-state index in [0.29, 0.717) is 13.1 Å². The fourth-order valence-electron chi connectivity index (χ4n) is 1.81. The molecule has 0 aliphatic heterocycles. The van der Waals surface area contributed by atoms with Crippen molar-refractivity contribution in [1.82, 2.24) is 9.80 Å². The van der Waals surface area contributed by atoms with E-state index in [1.165, 1.54) is 18.2 Å². The van der Waals surface area contributed by atoms with E-state index in [1.807, 2.05) is 25.9 Å². The Hall–Kier alpha value is -1.75. The molecule has 5 heteroatoms. The van der Waals surface area contributed by atoms with Gasteiger partial charge in [0.15, 0.2) is 0 Å². The zero-order chi connectivity index (χ0) is 14.4. The van der Waals surface area contributed by atoms with Crippen molar-refractivity contribution in [2.75, 3.05) is 33.7 Å². The summed E-state index contributed by atoms with van der Waals surface area (Å²) in [5.41, 5.74) is -0.0188. The number of nitrogens with zero attached hydrogens (tertiary/aromatic N) is 2. The maximum Gasteiger partial charge on any atom is 0.261 e. The van der Waals surface area contributed by atoms with Crippen molar-refractivity contribution in [3.63, 3.8) is 0 Å². The number of amides is 1. The van der Waals surface area contributed by atoms with Gasteiger partial charge in [-0.05, 0) is 32.6 Å². The highest BCUT2D eigenvalue weighted by Crippen LogP contribution is 2.27. The number of phenolic OH excluding ortho intramolecular Hbond substituents is 2. The Balaban J connectivity index is 2.92. The number of phenols is 2. The highest BCUT2D eigenvalue weighted by atomic mass is 16.3. The van der Waals surface area contributed by atoms with Gasteiger partial charge in [-0.3, -0.25) is 4.79 Å². The van der Waals surface area contributed by atoms with Gasteiger partial charge < -0.3 is 20.0 Å². The summed E-state index contributed by atoms with van der Waals surface area (Å²) < 4.78 is 0. The molecule has 0 spiro atoms. The third kappa shape index (κ3) is 4.13. The van der Waals surface area contributed by atoms with Gasteiger partial charge in [0, 0.05) is 19.6 Å². The Morgan fingerprint density at radius 2 is 1.68 bits per heavy atom.